The summed E-state index contributed by atoms with van der Waals surface area (Å²) in [4.78, 5) is 23.7. The Hall–Kier alpha value is -3.10. The molecule has 1 aliphatic heterocycles. The minimum atomic E-state index is -0.396. The predicted octanol–water partition coefficient (Wildman–Crippen LogP) is 2.99. The highest BCUT2D eigenvalue weighted by Gasteiger charge is 2.23. The Balaban J connectivity index is 1.72. The van der Waals surface area contributed by atoms with E-state index in [0.29, 0.717) is 23.4 Å². The number of hydrogen-bond acceptors (Lipinski definition) is 4. The number of carbonyl (C=O) groups excluding carboxylic acids is 2. The Morgan fingerprint density at radius 1 is 1.12 bits per heavy atom. The second-order valence-corrected chi connectivity index (χ2v) is 5.89. The second-order valence-electron chi connectivity index (χ2n) is 5.89. The number of nitrogens with one attached hydrogen (secondary N) is 1. The molecule has 1 unspecified atom stereocenters. The summed E-state index contributed by atoms with van der Waals surface area (Å²) in [6.45, 7) is 0.633. The molecule has 0 aliphatic carbocycles. The van der Waals surface area contributed by atoms with Gasteiger partial charge in [0.1, 0.15) is 6.10 Å². The quantitative estimate of drug-likeness (QED) is 0.683. The van der Waals surface area contributed by atoms with Crippen LogP contribution >= 0.6 is 0 Å². The van der Waals surface area contributed by atoms with Crippen molar-refractivity contribution in [3.8, 4) is 11.8 Å². The Kier molecular flexibility index (Phi) is 5.67. The van der Waals surface area contributed by atoms with Crippen molar-refractivity contribution in [1.82, 2.24) is 0 Å². The van der Waals surface area contributed by atoms with Crippen LogP contribution < -0.4 is 5.32 Å². The van der Waals surface area contributed by atoms with E-state index in [2.05, 4.69) is 17.2 Å². The molecule has 5 heteroatoms. The maximum atomic E-state index is 12.1. The van der Waals surface area contributed by atoms with Gasteiger partial charge in [0.25, 0.3) is 5.91 Å². The molecule has 0 saturated carbocycles. The van der Waals surface area contributed by atoms with Gasteiger partial charge in [-0.15, -0.1) is 0 Å². The number of rotatable bonds is 3. The van der Waals surface area contributed by atoms with Gasteiger partial charge in [0.15, 0.2) is 0 Å². The van der Waals surface area contributed by atoms with Crippen LogP contribution in [0.4, 0.5) is 5.69 Å². The van der Waals surface area contributed by atoms with Gasteiger partial charge in [0.2, 0.25) is 0 Å². The van der Waals surface area contributed by atoms with Crippen LogP contribution in [0.15, 0.2) is 48.5 Å². The number of amides is 1. The first kappa shape index (κ1) is 17.7. The largest absolute Gasteiger partial charge is 0.465 e. The highest BCUT2D eigenvalue weighted by molar-refractivity contribution is 5.94. The Morgan fingerprint density at radius 2 is 1.85 bits per heavy atom. The molecule has 3 rings (SSSR count). The predicted molar refractivity (Wildman–Crippen MR) is 97.8 cm³/mol. The van der Waals surface area contributed by atoms with Gasteiger partial charge < -0.3 is 14.8 Å². The third kappa shape index (κ3) is 4.50. The van der Waals surface area contributed by atoms with Crippen molar-refractivity contribution in [2.24, 2.45) is 0 Å². The molecule has 0 aromatic heterocycles. The van der Waals surface area contributed by atoms with Gasteiger partial charge >= 0.3 is 5.97 Å². The summed E-state index contributed by atoms with van der Waals surface area (Å²) >= 11 is 0. The van der Waals surface area contributed by atoms with E-state index in [1.807, 2.05) is 30.3 Å². The first-order chi connectivity index (χ1) is 12.7. The molecular weight excluding hydrogens is 330 g/mol. The number of benzene rings is 2. The van der Waals surface area contributed by atoms with Gasteiger partial charge in [-0.05, 0) is 49.2 Å². The highest BCUT2D eigenvalue weighted by atomic mass is 16.5. The number of methoxy groups -OCH3 is 1. The average molecular weight is 349 g/mol. The number of hydrogen-bond donors (Lipinski definition) is 1. The van der Waals surface area contributed by atoms with Crippen LogP contribution in [-0.4, -0.2) is 31.7 Å². The third-order valence-corrected chi connectivity index (χ3v) is 3.99. The summed E-state index contributed by atoms with van der Waals surface area (Å²) in [6.07, 6.45) is 1.29. The van der Waals surface area contributed by atoms with Gasteiger partial charge in [-0.1, -0.05) is 24.0 Å². The smallest absolute Gasteiger partial charge is 0.337 e. The minimum Gasteiger partial charge on any atom is -0.465 e. The van der Waals surface area contributed by atoms with Crippen LogP contribution in [-0.2, 0) is 14.3 Å². The second kappa shape index (κ2) is 8.32. The summed E-state index contributed by atoms with van der Waals surface area (Å²) in [7, 11) is 1.34. The van der Waals surface area contributed by atoms with Gasteiger partial charge in [0.05, 0.1) is 12.7 Å². The monoisotopic (exact) mass is 349 g/mol. The Morgan fingerprint density at radius 3 is 2.54 bits per heavy atom. The molecular formula is C21H19NO4. The van der Waals surface area contributed by atoms with Crippen molar-refractivity contribution in [3.63, 3.8) is 0 Å². The topological polar surface area (TPSA) is 64.6 Å². The summed E-state index contributed by atoms with van der Waals surface area (Å²) in [5.74, 6) is 5.54. The van der Waals surface area contributed by atoms with Crippen LogP contribution in [0, 0.1) is 11.8 Å². The summed E-state index contributed by atoms with van der Waals surface area (Å²) in [5, 5.41) is 2.86. The zero-order chi connectivity index (χ0) is 18.4. The molecule has 1 fully saturated rings. The summed E-state index contributed by atoms with van der Waals surface area (Å²) in [6, 6.07) is 14.3. The molecule has 1 aliphatic rings. The molecule has 0 bridgehead atoms. The van der Waals surface area contributed by atoms with Gasteiger partial charge in [-0.2, -0.15) is 0 Å². The first-order valence-electron chi connectivity index (χ1n) is 8.38. The third-order valence-electron chi connectivity index (χ3n) is 3.99. The van der Waals surface area contributed by atoms with E-state index in [1.54, 1.807) is 18.2 Å². The maximum absolute atomic E-state index is 12.1. The number of carbonyl (C=O) groups is 2. The van der Waals surface area contributed by atoms with Crippen LogP contribution in [0.1, 0.15) is 34.3 Å². The molecule has 1 saturated heterocycles. The van der Waals surface area contributed by atoms with Gasteiger partial charge in [-0.25, -0.2) is 4.79 Å². The van der Waals surface area contributed by atoms with Crippen molar-refractivity contribution in [2.45, 2.75) is 18.9 Å². The van der Waals surface area contributed by atoms with Crippen molar-refractivity contribution < 1.29 is 19.1 Å². The molecule has 0 spiro atoms. The van der Waals surface area contributed by atoms with E-state index in [9.17, 15) is 9.59 Å². The molecule has 26 heavy (non-hydrogen) atoms. The molecule has 0 radical (unpaired) electrons. The van der Waals surface area contributed by atoms with Crippen LogP contribution in [0.3, 0.4) is 0 Å². The fraction of sp³-hybridized carbons (Fsp3) is 0.238. The maximum Gasteiger partial charge on any atom is 0.337 e. The lowest BCUT2D eigenvalue weighted by Gasteiger charge is -2.10. The minimum absolute atomic E-state index is 0.126. The van der Waals surface area contributed by atoms with Crippen molar-refractivity contribution >= 4 is 17.6 Å². The number of esters is 1. The van der Waals surface area contributed by atoms with Gasteiger partial charge in [0, 0.05) is 23.4 Å². The lowest BCUT2D eigenvalue weighted by Crippen LogP contribution is -2.26. The van der Waals surface area contributed by atoms with Crippen LogP contribution in [0.2, 0.25) is 0 Å². The average Bonchev–Trinajstić information content (AvgIpc) is 3.21. The summed E-state index contributed by atoms with van der Waals surface area (Å²) < 4.78 is 10.1. The van der Waals surface area contributed by atoms with E-state index in [1.165, 1.54) is 7.11 Å². The highest BCUT2D eigenvalue weighted by Crippen LogP contribution is 2.16. The normalized spacial score (nSPS) is 15.7. The fourth-order valence-electron chi connectivity index (χ4n) is 2.67. The lowest BCUT2D eigenvalue weighted by atomic mass is 10.1. The Labute approximate surface area is 152 Å². The van der Waals surface area contributed by atoms with Crippen LogP contribution in [0.5, 0.6) is 0 Å². The van der Waals surface area contributed by atoms with E-state index in [0.717, 1.165) is 18.4 Å². The number of anilines is 1. The Bertz CT molecular complexity index is 873. The molecule has 2 aromatic rings. The van der Waals surface area contributed by atoms with Gasteiger partial charge in [-0.3, -0.25) is 4.79 Å². The summed E-state index contributed by atoms with van der Waals surface area (Å²) in [5.41, 5.74) is 2.61. The van der Waals surface area contributed by atoms with E-state index in [-0.39, 0.29) is 12.0 Å². The zero-order valence-electron chi connectivity index (χ0n) is 14.5. The zero-order valence-corrected chi connectivity index (χ0v) is 14.5. The van der Waals surface area contributed by atoms with Crippen molar-refractivity contribution in [2.75, 3.05) is 19.0 Å². The molecule has 2 aromatic carbocycles. The van der Waals surface area contributed by atoms with Crippen LogP contribution in [0.25, 0.3) is 0 Å². The molecule has 132 valence electrons. The fourth-order valence-corrected chi connectivity index (χ4v) is 2.67. The van der Waals surface area contributed by atoms with E-state index >= 15 is 0 Å². The number of ether oxygens (including phenoxy) is 2. The molecule has 1 heterocycles. The molecule has 1 amide bonds. The van der Waals surface area contributed by atoms with E-state index in [4.69, 9.17) is 9.47 Å². The van der Waals surface area contributed by atoms with Crippen molar-refractivity contribution in [3.05, 3.63) is 65.2 Å². The van der Waals surface area contributed by atoms with E-state index < -0.39 is 5.97 Å². The molecule has 5 nitrogen and oxygen atoms in total. The molecule has 1 atom stereocenters. The first-order valence-corrected chi connectivity index (χ1v) is 8.38. The van der Waals surface area contributed by atoms with Crippen molar-refractivity contribution in [1.29, 1.82) is 0 Å². The standard InChI is InChI=1S/C21H19NO4/c1-25-21(24)17-7-2-5-15(13-17)10-11-16-6-3-8-18(14-16)22-20(23)19-9-4-12-26-19/h2-3,5-8,13-14,19H,4,9,12H2,1H3,(H,22,23). The molecule has 1 N–H and O–H groups in total. The lowest BCUT2D eigenvalue weighted by molar-refractivity contribution is -0.124. The SMILES string of the molecule is COC(=O)c1cccc(C#Cc2cccc(NC(=O)C3CCCO3)c2)c1.